The molecule has 114 valence electrons. The molecular weight excluding hydrogens is 352 g/mol. The van der Waals surface area contributed by atoms with Crippen LogP contribution in [0.3, 0.4) is 0 Å². The van der Waals surface area contributed by atoms with Crippen LogP contribution >= 0.6 is 15.9 Å². The SMILES string of the molecule is CO[C@H](C(=O)Nc1ccc(Br)c([N+](=O)[O-])c1)c1ccccc1. The first-order valence-electron chi connectivity index (χ1n) is 6.35. The molecule has 2 rings (SSSR count). The summed E-state index contributed by atoms with van der Waals surface area (Å²) in [5.74, 6) is -0.398. The van der Waals surface area contributed by atoms with Gasteiger partial charge in [-0.05, 0) is 33.6 Å². The summed E-state index contributed by atoms with van der Waals surface area (Å²) < 4.78 is 5.57. The number of carbonyl (C=O) groups is 1. The second kappa shape index (κ2) is 7.15. The van der Waals surface area contributed by atoms with Gasteiger partial charge in [-0.1, -0.05) is 30.3 Å². The summed E-state index contributed by atoms with van der Waals surface area (Å²) in [7, 11) is 1.43. The molecule has 2 aromatic rings. The second-order valence-corrected chi connectivity index (χ2v) is 5.29. The number of hydrogen-bond acceptors (Lipinski definition) is 4. The van der Waals surface area contributed by atoms with Crippen molar-refractivity contribution >= 4 is 33.2 Å². The van der Waals surface area contributed by atoms with Crippen LogP contribution < -0.4 is 5.32 Å². The quantitative estimate of drug-likeness (QED) is 0.647. The Bertz CT molecular complexity index is 691. The lowest BCUT2D eigenvalue weighted by molar-refractivity contribution is -0.385. The first kappa shape index (κ1) is 16.1. The van der Waals surface area contributed by atoms with Gasteiger partial charge in [0.25, 0.3) is 11.6 Å². The highest BCUT2D eigenvalue weighted by Gasteiger charge is 2.21. The van der Waals surface area contributed by atoms with Crippen LogP contribution in [0.1, 0.15) is 11.7 Å². The van der Waals surface area contributed by atoms with E-state index in [1.165, 1.54) is 19.2 Å². The molecule has 22 heavy (non-hydrogen) atoms. The number of nitro groups is 1. The topological polar surface area (TPSA) is 81.5 Å². The lowest BCUT2D eigenvalue weighted by Crippen LogP contribution is -2.22. The number of halogens is 1. The number of methoxy groups -OCH3 is 1. The maximum atomic E-state index is 12.3. The normalized spacial score (nSPS) is 11.7. The smallest absolute Gasteiger partial charge is 0.285 e. The van der Waals surface area contributed by atoms with Gasteiger partial charge in [0.15, 0.2) is 6.10 Å². The molecule has 1 amide bonds. The van der Waals surface area contributed by atoms with Crippen molar-refractivity contribution in [3.8, 4) is 0 Å². The molecular formula is C15H13BrN2O4. The summed E-state index contributed by atoms with van der Waals surface area (Å²) in [5, 5.41) is 13.5. The van der Waals surface area contributed by atoms with Gasteiger partial charge in [0.2, 0.25) is 0 Å². The Balaban J connectivity index is 2.21. The number of ether oxygens (including phenoxy) is 1. The summed E-state index contributed by atoms with van der Waals surface area (Å²) in [4.78, 5) is 22.7. The number of nitro benzene ring substituents is 1. The first-order chi connectivity index (χ1) is 10.5. The Kier molecular flexibility index (Phi) is 5.24. The Morgan fingerprint density at radius 3 is 2.55 bits per heavy atom. The average molecular weight is 365 g/mol. The third kappa shape index (κ3) is 3.69. The zero-order chi connectivity index (χ0) is 16.1. The van der Waals surface area contributed by atoms with Crippen molar-refractivity contribution in [2.45, 2.75) is 6.10 Å². The Morgan fingerprint density at radius 1 is 1.27 bits per heavy atom. The highest BCUT2D eigenvalue weighted by atomic mass is 79.9. The van der Waals surface area contributed by atoms with E-state index in [-0.39, 0.29) is 5.69 Å². The molecule has 0 heterocycles. The van der Waals surface area contributed by atoms with Crippen molar-refractivity contribution in [1.82, 2.24) is 0 Å². The maximum absolute atomic E-state index is 12.3. The molecule has 2 aromatic carbocycles. The molecule has 0 aromatic heterocycles. The average Bonchev–Trinajstić information content (AvgIpc) is 2.51. The molecule has 0 aliphatic rings. The highest BCUT2D eigenvalue weighted by molar-refractivity contribution is 9.10. The molecule has 7 heteroatoms. The summed E-state index contributed by atoms with van der Waals surface area (Å²) >= 11 is 3.10. The molecule has 0 spiro atoms. The molecule has 0 aliphatic heterocycles. The zero-order valence-corrected chi connectivity index (χ0v) is 13.2. The van der Waals surface area contributed by atoms with Crippen molar-refractivity contribution < 1.29 is 14.5 Å². The largest absolute Gasteiger partial charge is 0.367 e. The van der Waals surface area contributed by atoms with Gasteiger partial charge in [0.1, 0.15) is 0 Å². The molecule has 0 radical (unpaired) electrons. The predicted molar refractivity (Wildman–Crippen MR) is 85.6 cm³/mol. The summed E-state index contributed by atoms with van der Waals surface area (Å²) in [6.45, 7) is 0. The van der Waals surface area contributed by atoms with Crippen molar-refractivity contribution in [2.75, 3.05) is 12.4 Å². The fourth-order valence-corrected chi connectivity index (χ4v) is 2.35. The monoisotopic (exact) mass is 364 g/mol. The Labute approximate surface area is 135 Å². The second-order valence-electron chi connectivity index (χ2n) is 4.44. The molecule has 0 unspecified atom stereocenters. The molecule has 0 fully saturated rings. The van der Waals surface area contributed by atoms with E-state index >= 15 is 0 Å². The van der Waals surface area contributed by atoms with Gasteiger partial charge in [0, 0.05) is 18.9 Å². The number of rotatable bonds is 5. The standard InChI is InChI=1S/C15H13BrN2O4/c1-22-14(10-5-3-2-4-6-10)15(19)17-11-7-8-12(16)13(9-11)18(20)21/h2-9,14H,1H3,(H,17,19)/t14-/m0/s1. The summed E-state index contributed by atoms with van der Waals surface area (Å²) in [6, 6.07) is 13.4. The third-order valence-electron chi connectivity index (χ3n) is 2.99. The van der Waals surface area contributed by atoms with Gasteiger partial charge in [-0.2, -0.15) is 0 Å². The van der Waals surface area contributed by atoms with Gasteiger partial charge in [-0.25, -0.2) is 0 Å². The van der Waals surface area contributed by atoms with Gasteiger partial charge >= 0.3 is 0 Å². The molecule has 1 N–H and O–H groups in total. The number of benzene rings is 2. The van der Waals surface area contributed by atoms with E-state index in [1.807, 2.05) is 6.07 Å². The zero-order valence-electron chi connectivity index (χ0n) is 11.7. The van der Waals surface area contributed by atoms with Crippen LogP contribution in [0.15, 0.2) is 53.0 Å². The van der Waals surface area contributed by atoms with Crippen molar-refractivity contribution in [3.63, 3.8) is 0 Å². The Hall–Kier alpha value is -2.25. The van der Waals surface area contributed by atoms with Crippen LogP contribution in [-0.2, 0) is 9.53 Å². The van der Waals surface area contributed by atoms with Crippen molar-refractivity contribution in [1.29, 1.82) is 0 Å². The summed E-state index contributed by atoms with van der Waals surface area (Å²) in [6.07, 6.45) is -0.788. The van der Waals surface area contributed by atoms with Crippen LogP contribution in [-0.4, -0.2) is 17.9 Å². The van der Waals surface area contributed by atoms with Crippen LogP contribution in [0, 0.1) is 10.1 Å². The minimum absolute atomic E-state index is 0.119. The minimum atomic E-state index is -0.788. The van der Waals surface area contributed by atoms with Gasteiger partial charge in [-0.15, -0.1) is 0 Å². The minimum Gasteiger partial charge on any atom is -0.367 e. The Morgan fingerprint density at radius 2 is 1.95 bits per heavy atom. The van der Waals surface area contributed by atoms with Crippen molar-refractivity contribution in [3.05, 3.63) is 68.7 Å². The molecule has 0 saturated carbocycles. The molecule has 0 saturated heterocycles. The van der Waals surface area contributed by atoms with E-state index in [0.29, 0.717) is 15.7 Å². The van der Waals surface area contributed by atoms with E-state index in [9.17, 15) is 14.9 Å². The maximum Gasteiger partial charge on any atom is 0.285 e. The van der Waals surface area contributed by atoms with Crippen LogP contribution in [0.5, 0.6) is 0 Å². The lowest BCUT2D eigenvalue weighted by atomic mass is 10.1. The molecule has 1 atom stereocenters. The van der Waals surface area contributed by atoms with E-state index in [1.54, 1.807) is 30.3 Å². The van der Waals surface area contributed by atoms with Crippen LogP contribution in [0.2, 0.25) is 0 Å². The number of hydrogen-bond donors (Lipinski definition) is 1. The third-order valence-corrected chi connectivity index (χ3v) is 3.66. The van der Waals surface area contributed by atoms with Gasteiger partial charge in [-0.3, -0.25) is 14.9 Å². The van der Waals surface area contributed by atoms with Crippen LogP contribution in [0.25, 0.3) is 0 Å². The lowest BCUT2D eigenvalue weighted by Gasteiger charge is -2.15. The van der Waals surface area contributed by atoms with Gasteiger partial charge < -0.3 is 10.1 Å². The molecule has 6 nitrogen and oxygen atoms in total. The highest BCUT2D eigenvalue weighted by Crippen LogP contribution is 2.28. The number of nitrogens with one attached hydrogen (secondary N) is 1. The van der Waals surface area contributed by atoms with Crippen molar-refractivity contribution in [2.24, 2.45) is 0 Å². The van der Waals surface area contributed by atoms with Crippen LogP contribution in [0.4, 0.5) is 11.4 Å². The predicted octanol–water partition coefficient (Wildman–Crippen LogP) is 3.68. The van der Waals surface area contributed by atoms with E-state index < -0.39 is 16.9 Å². The first-order valence-corrected chi connectivity index (χ1v) is 7.14. The van der Waals surface area contributed by atoms with Gasteiger partial charge in [0.05, 0.1) is 9.40 Å². The number of nitrogens with zero attached hydrogens (tertiary/aromatic N) is 1. The number of carbonyl (C=O) groups excluding carboxylic acids is 1. The number of anilines is 1. The molecule has 0 aliphatic carbocycles. The molecule has 0 bridgehead atoms. The van der Waals surface area contributed by atoms with E-state index in [0.717, 1.165) is 0 Å². The fraction of sp³-hybridized carbons (Fsp3) is 0.133. The number of amides is 1. The van der Waals surface area contributed by atoms with E-state index in [4.69, 9.17) is 4.74 Å². The fourth-order valence-electron chi connectivity index (χ4n) is 1.96. The van der Waals surface area contributed by atoms with E-state index in [2.05, 4.69) is 21.2 Å². The summed E-state index contributed by atoms with van der Waals surface area (Å²) in [5.41, 5.74) is 0.915.